The second-order valence-corrected chi connectivity index (χ2v) is 4.25. The van der Waals surface area contributed by atoms with Crippen LogP contribution >= 0.6 is 0 Å². The van der Waals surface area contributed by atoms with Crippen molar-refractivity contribution >= 4 is 17.1 Å². The number of fused-ring (bicyclic) bond motifs is 1. The number of aromatic nitrogens is 4. The monoisotopic (exact) mass is 301 g/mol. The standard InChI is InChI=1S/C10H13N5O2.CH3F.CH4O/c1-5-2-3-6(17-5)15-4-12-7-8(15)13-10(11)14-9(7)16;2*1-2/h4-6H,2-3H2,1H3,(H3,11,13,14,16);1H3;2H,1H3. The lowest BCUT2D eigenvalue weighted by atomic mass is 10.2. The van der Waals surface area contributed by atoms with Gasteiger partial charge in [-0.05, 0) is 19.8 Å². The highest BCUT2D eigenvalue weighted by atomic mass is 19.1. The second kappa shape index (κ2) is 7.70. The molecule has 0 aromatic carbocycles. The fraction of sp³-hybridized carbons (Fsp3) is 0.583. The highest BCUT2D eigenvalue weighted by molar-refractivity contribution is 5.70. The van der Waals surface area contributed by atoms with Gasteiger partial charge in [0.2, 0.25) is 5.95 Å². The van der Waals surface area contributed by atoms with E-state index >= 15 is 0 Å². The van der Waals surface area contributed by atoms with E-state index in [1.54, 1.807) is 10.9 Å². The third-order valence-corrected chi connectivity index (χ3v) is 2.97. The lowest BCUT2D eigenvalue weighted by Gasteiger charge is -2.12. The SMILES string of the molecule is CC1CCC(n2cnc3c(=O)[nH]c(N)nc32)O1.CF.CO. The summed E-state index contributed by atoms with van der Waals surface area (Å²) in [6.45, 7) is 2.02. The molecule has 2 unspecified atom stereocenters. The second-order valence-electron chi connectivity index (χ2n) is 4.25. The van der Waals surface area contributed by atoms with Crippen LogP contribution in [0.1, 0.15) is 26.0 Å². The first kappa shape index (κ1) is 17.1. The van der Waals surface area contributed by atoms with Crippen LogP contribution in [0.15, 0.2) is 11.1 Å². The van der Waals surface area contributed by atoms with Gasteiger partial charge in [-0.25, -0.2) is 4.98 Å². The van der Waals surface area contributed by atoms with Gasteiger partial charge in [-0.2, -0.15) is 4.98 Å². The maximum Gasteiger partial charge on any atom is 0.280 e. The average Bonchev–Trinajstić information content (AvgIpc) is 3.09. The van der Waals surface area contributed by atoms with Gasteiger partial charge in [0, 0.05) is 7.11 Å². The Kier molecular flexibility index (Phi) is 6.25. The minimum Gasteiger partial charge on any atom is -0.400 e. The van der Waals surface area contributed by atoms with Gasteiger partial charge in [0.05, 0.1) is 19.6 Å². The van der Waals surface area contributed by atoms with Crippen LogP contribution in [-0.4, -0.2) is 45.0 Å². The van der Waals surface area contributed by atoms with Gasteiger partial charge < -0.3 is 15.6 Å². The number of aliphatic hydroxyl groups excluding tert-OH is 1. The number of nitrogens with two attached hydrogens (primary N) is 1. The molecule has 1 aliphatic rings. The van der Waals surface area contributed by atoms with Crippen molar-refractivity contribution in [3.05, 3.63) is 16.7 Å². The van der Waals surface area contributed by atoms with E-state index in [2.05, 4.69) is 15.0 Å². The molecule has 3 heterocycles. The van der Waals surface area contributed by atoms with Gasteiger partial charge in [-0.1, -0.05) is 0 Å². The minimum atomic E-state index is -0.322. The molecule has 0 spiro atoms. The number of H-pyrrole nitrogens is 1. The van der Waals surface area contributed by atoms with E-state index in [1.165, 1.54) is 0 Å². The van der Waals surface area contributed by atoms with Crippen LogP contribution in [0.4, 0.5) is 10.3 Å². The number of aliphatic hydroxyl groups is 1. The lowest BCUT2D eigenvalue weighted by Crippen LogP contribution is -2.14. The molecule has 1 fully saturated rings. The first-order chi connectivity index (χ1) is 10.1. The summed E-state index contributed by atoms with van der Waals surface area (Å²) in [5.41, 5.74) is 5.98. The van der Waals surface area contributed by atoms with Crippen molar-refractivity contribution < 1.29 is 14.2 Å². The van der Waals surface area contributed by atoms with E-state index < -0.39 is 0 Å². The Morgan fingerprint density at radius 1 is 1.48 bits per heavy atom. The zero-order valence-corrected chi connectivity index (χ0v) is 12.2. The topological polar surface area (TPSA) is 119 Å². The van der Waals surface area contributed by atoms with Gasteiger partial charge >= 0.3 is 0 Å². The van der Waals surface area contributed by atoms with Crippen molar-refractivity contribution in [1.29, 1.82) is 0 Å². The number of imidazole rings is 1. The molecule has 21 heavy (non-hydrogen) atoms. The molecule has 118 valence electrons. The molecule has 4 N–H and O–H groups in total. The molecule has 0 bridgehead atoms. The number of aromatic amines is 1. The van der Waals surface area contributed by atoms with E-state index in [0.717, 1.165) is 20.0 Å². The van der Waals surface area contributed by atoms with Crippen LogP contribution in [0.2, 0.25) is 0 Å². The average molecular weight is 301 g/mol. The number of hydrogen-bond acceptors (Lipinski definition) is 6. The van der Waals surface area contributed by atoms with Crippen LogP contribution in [0.3, 0.4) is 0 Å². The molecule has 3 rings (SSSR count). The summed E-state index contributed by atoms with van der Waals surface area (Å²) in [7, 11) is 1.50. The summed E-state index contributed by atoms with van der Waals surface area (Å²) in [5.74, 6) is 0.0929. The Balaban J connectivity index is 0.000000510. The number of nitrogens with one attached hydrogen (secondary N) is 1. The van der Waals surface area contributed by atoms with Crippen molar-refractivity contribution in [2.75, 3.05) is 20.0 Å². The van der Waals surface area contributed by atoms with Gasteiger partial charge in [-0.3, -0.25) is 18.7 Å². The number of hydrogen-bond donors (Lipinski definition) is 3. The summed E-state index contributed by atoms with van der Waals surface area (Å²) in [6, 6.07) is 0. The van der Waals surface area contributed by atoms with E-state index in [1.807, 2.05) is 6.92 Å². The fourth-order valence-corrected chi connectivity index (χ4v) is 2.14. The van der Waals surface area contributed by atoms with Crippen molar-refractivity contribution in [3.63, 3.8) is 0 Å². The minimum absolute atomic E-state index is 0.0929. The first-order valence-corrected chi connectivity index (χ1v) is 6.35. The van der Waals surface area contributed by atoms with Crippen LogP contribution in [-0.2, 0) is 4.74 Å². The van der Waals surface area contributed by atoms with Gasteiger partial charge in [0.1, 0.15) is 6.23 Å². The Bertz CT molecular complexity index is 627. The van der Waals surface area contributed by atoms with Crippen LogP contribution in [0, 0.1) is 0 Å². The summed E-state index contributed by atoms with van der Waals surface area (Å²) in [4.78, 5) is 22.2. The van der Waals surface area contributed by atoms with E-state index in [9.17, 15) is 9.18 Å². The summed E-state index contributed by atoms with van der Waals surface area (Å²) >= 11 is 0. The van der Waals surface area contributed by atoms with Crippen LogP contribution in [0.25, 0.3) is 11.2 Å². The maximum atomic E-state index is 11.6. The van der Waals surface area contributed by atoms with Gasteiger partial charge in [-0.15, -0.1) is 0 Å². The lowest BCUT2D eigenvalue weighted by molar-refractivity contribution is 0.0132. The van der Waals surface area contributed by atoms with Crippen LogP contribution in [0.5, 0.6) is 0 Å². The number of rotatable bonds is 1. The molecule has 2 atom stereocenters. The molecule has 1 saturated heterocycles. The molecule has 0 aliphatic carbocycles. The zero-order chi connectivity index (χ0) is 16.0. The Morgan fingerprint density at radius 3 is 2.71 bits per heavy atom. The van der Waals surface area contributed by atoms with Crippen molar-refractivity contribution in [3.8, 4) is 0 Å². The Labute approximate surface area is 120 Å². The molecule has 9 heteroatoms. The quantitative estimate of drug-likeness (QED) is 0.709. The zero-order valence-electron chi connectivity index (χ0n) is 12.2. The molecule has 0 saturated carbocycles. The van der Waals surface area contributed by atoms with Crippen molar-refractivity contribution in [2.24, 2.45) is 0 Å². The number of nitrogens with zero attached hydrogens (tertiary/aromatic N) is 3. The number of anilines is 1. The molecular weight excluding hydrogens is 281 g/mol. The molecule has 8 nitrogen and oxygen atoms in total. The van der Waals surface area contributed by atoms with E-state index in [0.29, 0.717) is 18.3 Å². The van der Waals surface area contributed by atoms with Crippen molar-refractivity contribution in [2.45, 2.75) is 32.1 Å². The smallest absolute Gasteiger partial charge is 0.280 e. The number of nitrogen functional groups attached to an aromatic ring is 1. The van der Waals surface area contributed by atoms with Crippen molar-refractivity contribution in [1.82, 2.24) is 19.5 Å². The summed E-state index contributed by atoms with van der Waals surface area (Å²) in [5, 5.41) is 7.00. The predicted molar refractivity (Wildman–Crippen MR) is 76.6 cm³/mol. The largest absolute Gasteiger partial charge is 0.400 e. The highest BCUT2D eigenvalue weighted by Crippen LogP contribution is 2.29. The predicted octanol–water partition coefficient (Wildman–Crippen LogP) is 0.593. The molecule has 2 aromatic heterocycles. The fourth-order valence-electron chi connectivity index (χ4n) is 2.14. The van der Waals surface area contributed by atoms with Gasteiger partial charge in [0.25, 0.3) is 5.56 Å². The van der Waals surface area contributed by atoms with E-state index in [4.69, 9.17) is 15.6 Å². The molecule has 1 aliphatic heterocycles. The van der Waals surface area contributed by atoms with Crippen LogP contribution < -0.4 is 11.3 Å². The molecule has 0 amide bonds. The summed E-state index contributed by atoms with van der Waals surface area (Å²) < 4.78 is 17.0. The first-order valence-electron chi connectivity index (χ1n) is 6.35. The number of alkyl halides is 1. The van der Waals surface area contributed by atoms with Gasteiger partial charge in [0.15, 0.2) is 11.2 Å². The molecular formula is C12H20FN5O3. The normalized spacial score (nSPS) is 20.4. The Hall–Kier alpha value is -2.00. The number of halogens is 1. The third kappa shape index (κ3) is 3.56. The third-order valence-electron chi connectivity index (χ3n) is 2.97. The number of ether oxygens (including phenoxy) is 1. The summed E-state index contributed by atoms with van der Waals surface area (Å²) in [6.07, 6.45) is 3.57. The highest BCUT2D eigenvalue weighted by Gasteiger charge is 2.25. The maximum absolute atomic E-state index is 11.6. The molecule has 2 aromatic rings. The van der Waals surface area contributed by atoms with E-state index in [-0.39, 0.29) is 23.8 Å². The Morgan fingerprint density at radius 2 is 2.14 bits per heavy atom. The molecule has 0 radical (unpaired) electrons.